The van der Waals surface area contributed by atoms with Crippen LogP contribution in [-0.2, 0) is 6.42 Å². The van der Waals surface area contributed by atoms with Crippen LogP contribution in [0.1, 0.15) is 17.1 Å². The minimum atomic E-state index is 0.527. The number of hydrogen-bond acceptors (Lipinski definition) is 3. The van der Waals surface area contributed by atoms with Gasteiger partial charge in [0.15, 0.2) is 0 Å². The summed E-state index contributed by atoms with van der Waals surface area (Å²) in [5, 5.41) is 0. The van der Waals surface area contributed by atoms with Gasteiger partial charge in [-0.1, -0.05) is 28.1 Å². The lowest BCUT2D eigenvalue weighted by Crippen LogP contribution is -2.02. The standard InChI is InChI=1S/C12H12BrN3/c1-8-6-11(14)16-12(15-8)7-9-2-4-10(13)5-3-9/h2-6H,7H2,1H3,(H2,14,15,16). The normalized spacial score (nSPS) is 10.4. The van der Waals surface area contributed by atoms with Crippen LogP contribution in [0, 0.1) is 6.92 Å². The molecule has 0 aliphatic rings. The number of nitrogen functional groups attached to an aromatic ring is 1. The van der Waals surface area contributed by atoms with E-state index in [2.05, 4.69) is 25.9 Å². The zero-order valence-electron chi connectivity index (χ0n) is 8.94. The van der Waals surface area contributed by atoms with E-state index in [1.54, 1.807) is 6.07 Å². The molecule has 0 fully saturated rings. The predicted molar refractivity (Wildman–Crippen MR) is 68.1 cm³/mol. The van der Waals surface area contributed by atoms with E-state index < -0.39 is 0 Å². The molecule has 0 radical (unpaired) electrons. The van der Waals surface area contributed by atoms with Gasteiger partial charge in [-0.05, 0) is 24.6 Å². The molecule has 2 N–H and O–H groups in total. The number of halogens is 1. The zero-order valence-corrected chi connectivity index (χ0v) is 10.5. The fourth-order valence-corrected chi connectivity index (χ4v) is 1.78. The molecule has 0 saturated heterocycles. The minimum absolute atomic E-state index is 0.527. The number of aryl methyl sites for hydroxylation is 1. The lowest BCUT2D eigenvalue weighted by atomic mass is 10.1. The van der Waals surface area contributed by atoms with Crippen molar-refractivity contribution in [2.24, 2.45) is 0 Å². The van der Waals surface area contributed by atoms with Crippen molar-refractivity contribution in [1.82, 2.24) is 9.97 Å². The Morgan fingerprint density at radius 1 is 1.19 bits per heavy atom. The first-order valence-electron chi connectivity index (χ1n) is 4.98. The highest BCUT2D eigenvalue weighted by molar-refractivity contribution is 9.10. The number of aromatic nitrogens is 2. The molecule has 2 rings (SSSR count). The van der Waals surface area contributed by atoms with Crippen molar-refractivity contribution in [1.29, 1.82) is 0 Å². The van der Waals surface area contributed by atoms with Crippen molar-refractivity contribution >= 4 is 21.7 Å². The molecule has 0 atom stereocenters. The Bertz CT molecular complexity index is 474. The SMILES string of the molecule is Cc1cc(N)nc(Cc2ccc(Br)cc2)n1. The van der Waals surface area contributed by atoms with Crippen LogP contribution in [0.2, 0.25) is 0 Å². The second-order valence-electron chi connectivity index (χ2n) is 3.65. The molecule has 0 aliphatic carbocycles. The van der Waals surface area contributed by atoms with Gasteiger partial charge < -0.3 is 5.73 Å². The summed E-state index contributed by atoms with van der Waals surface area (Å²) in [5.41, 5.74) is 7.76. The molecular formula is C12H12BrN3. The first-order valence-corrected chi connectivity index (χ1v) is 5.77. The summed E-state index contributed by atoms with van der Waals surface area (Å²) in [6.07, 6.45) is 0.707. The second kappa shape index (κ2) is 4.61. The highest BCUT2D eigenvalue weighted by atomic mass is 79.9. The van der Waals surface area contributed by atoms with Crippen molar-refractivity contribution in [3.8, 4) is 0 Å². The molecule has 0 spiro atoms. The molecule has 0 saturated carbocycles. The van der Waals surface area contributed by atoms with Crippen LogP contribution < -0.4 is 5.73 Å². The van der Waals surface area contributed by atoms with E-state index in [1.807, 2.05) is 31.2 Å². The monoisotopic (exact) mass is 277 g/mol. The number of rotatable bonds is 2. The van der Waals surface area contributed by atoms with Gasteiger partial charge in [0.2, 0.25) is 0 Å². The molecule has 1 heterocycles. The summed E-state index contributed by atoms with van der Waals surface area (Å²) in [4.78, 5) is 8.56. The van der Waals surface area contributed by atoms with E-state index in [-0.39, 0.29) is 0 Å². The molecule has 2 aromatic rings. The molecule has 16 heavy (non-hydrogen) atoms. The third-order valence-electron chi connectivity index (χ3n) is 2.20. The summed E-state index contributed by atoms with van der Waals surface area (Å²) in [6, 6.07) is 9.88. The lowest BCUT2D eigenvalue weighted by Gasteiger charge is -2.03. The maximum Gasteiger partial charge on any atom is 0.135 e. The first kappa shape index (κ1) is 11.1. The van der Waals surface area contributed by atoms with Gasteiger partial charge in [-0.2, -0.15) is 0 Å². The fourth-order valence-electron chi connectivity index (χ4n) is 1.52. The first-order chi connectivity index (χ1) is 7.63. The van der Waals surface area contributed by atoms with E-state index in [1.165, 1.54) is 5.56 Å². The zero-order chi connectivity index (χ0) is 11.5. The summed E-state index contributed by atoms with van der Waals surface area (Å²) >= 11 is 3.40. The van der Waals surface area contributed by atoms with Gasteiger partial charge in [-0.25, -0.2) is 9.97 Å². The summed E-state index contributed by atoms with van der Waals surface area (Å²) in [5.74, 6) is 1.29. The van der Waals surface area contributed by atoms with Gasteiger partial charge in [0.05, 0.1) is 0 Å². The second-order valence-corrected chi connectivity index (χ2v) is 4.57. The predicted octanol–water partition coefficient (Wildman–Crippen LogP) is 2.72. The third kappa shape index (κ3) is 2.79. The third-order valence-corrected chi connectivity index (χ3v) is 2.72. The molecule has 0 unspecified atom stereocenters. The van der Waals surface area contributed by atoms with E-state index >= 15 is 0 Å². The topological polar surface area (TPSA) is 51.8 Å². The van der Waals surface area contributed by atoms with Gasteiger partial charge >= 0.3 is 0 Å². The maximum absolute atomic E-state index is 5.68. The Kier molecular flexibility index (Phi) is 3.19. The Morgan fingerprint density at radius 3 is 2.50 bits per heavy atom. The Hall–Kier alpha value is -1.42. The van der Waals surface area contributed by atoms with Crippen LogP contribution >= 0.6 is 15.9 Å². The smallest absolute Gasteiger partial charge is 0.135 e. The Labute approximate surface area is 103 Å². The number of benzene rings is 1. The quantitative estimate of drug-likeness (QED) is 0.918. The van der Waals surface area contributed by atoms with Crippen molar-refractivity contribution < 1.29 is 0 Å². The van der Waals surface area contributed by atoms with Crippen LogP contribution in [0.3, 0.4) is 0 Å². The van der Waals surface area contributed by atoms with E-state index in [9.17, 15) is 0 Å². The molecule has 1 aromatic heterocycles. The van der Waals surface area contributed by atoms with Gasteiger partial charge in [-0.15, -0.1) is 0 Å². The number of anilines is 1. The van der Waals surface area contributed by atoms with Gasteiger partial charge in [0, 0.05) is 22.7 Å². The molecule has 4 heteroatoms. The van der Waals surface area contributed by atoms with E-state index in [0.717, 1.165) is 16.0 Å². The molecule has 0 bridgehead atoms. The van der Waals surface area contributed by atoms with Gasteiger partial charge in [-0.3, -0.25) is 0 Å². The van der Waals surface area contributed by atoms with Crippen LogP contribution in [0.25, 0.3) is 0 Å². The summed E-state index contributed by atoms with van der Waals surface area (Å²) in [6.45, 7) is 1.92. The van der Waals surface area contributed by atoms with E-state index in [0.29, 0.717) is 12.2 Å². The molecule has 82 valence electrons. The van der Waals surface area contributed by atoms with Crippen LogP contribution in [0.5, 0.6) is 0 Å². The van der Waals surface area contributed by atoms with Crippen LogP contribution in [0.4, 0.5) is 5.82 Å². The number of hydrogen-bond donors (Lipinski definition) is 1. The van der Waals surface area contributed by atoms with Gasteiger partial charge in [0.1, 0.15) is 11.6 Å². The minimum Gasteiger partial charge on any atom is -0.384 e. The average molecular weight is 278 g/mol. The highest BCUT2D eigenvalue weighted by Crippen LogP contribution is 2.13. The van der Waals surface area contributed by atoms with E-state index in [4.69, 9.17) is 5.73 Å². The van der Waals surface area contributed by atoms with Crippen LogP contribution in [0.15, 0.2) is 34.8 Å². The van der Waals surface area contributed by atoms with Gasteiger partial charge in [0.25, 0.3) is 0 Å². The fraction of sp³-hybridized carbons (Fsp3) is 0.167. The van der Waals surface area contributed by atoms with Crippen molar-refractivity contribution in [3.05, 3.63) is 51.9 Å². The average Bonchev–Trinajstić information content (AvgIpc) is 2.20. The van der Waals surface area contributed by atoms with Crippen LogP contribution in [-0.4, -0.2) is 9.97 Å². The molecule has 1 aromatic carbocycles. The largest absolute Gasteiger partial charge is 0.384 e. The summed E-state index contributed by atoms with van der Waals surface area (Å²) < 4.78 is 1.07. The lowest BCUT2D eigenvalue weighted by molar-refractivity contribution is 0.948. The molecular weight excluding hydrogens is 266 g/mol. The summed E-state index contributed by atoms with van der Waals surface area (Å²) in [7, 11) is 0. The molecule has 3 nitrogen and oxygen atoms in total. The Balaban J connectivity index is 2.23. The van der Waals surface area contributed by atoms with Crippen molar-refractivity contribution in [2.75, 3.05) is 5.73 Å². The number of nitrogens with zero attached hydrogens (tertiary/aromatic N) is 2. The highest BCUT2D eigenvalue weighted by Gasteiger charge is 2.01. The number of nitrogens with two attached hydrogens (primary N) is 1. The Morgan fingerprint density at radius 2 is 1.88 bits per heavy atom. The van der Waals surface area contributed by atoms with Crippen molar-refractivity contribution in [2.45, 2.75) is 13.3 Å². The molecule has 0 aliphatic heterocycles. The van der Waals surface area contributed by atoms with Crippen molar-refractivity contribution in [3.63, 3.8) is 0 Å². The maximum atomic E-state index is 5.68. The molecule has 0 amide bonds.